The van der Waals surface area contributed by atoms with Crippen LogP contribution >= 0.6 is 22.7 Å². The standard InChI is InChI=1S/C64H46N6S2/c1-43-41-55(69(45-23-9-3-10-24-45,46-25-11-4-12-26-46)47-27-13-5-14-28-47)71-63(43)53-37-38-54(62-61(53)67-59-51-35-21-39-65-57(51)58-52(60(59)68-62)36-22-40-66-58)64-44(2)42-56(72-64)70(48-29-15-6-16-30-48,49-31-17-7-18-32-49)50-33-19-8-20-34-50/h3-42H,1-2H3/q+2. The van der Waals surface area contributed by atoms with Gasteiger partial charge in [0.2, 0.25) is 10.0 Å². The first-order valence-corrected chi connectivity index (χ1v) is 25.8. The number of benzene rings is 8. The average molecular weight is 963 g/mol. The zero-order valence-corrected chi connectivity index (χ0v) is 41.2. The summed E-state index contributed by atoms with van der Waals surface area (Å²) in [4.78, 5) is 23.7. The number of aromatic nitrogens is 4. The van der Waals surface area contributed by atoms with Crippen molar-refractivity contribution in [2.75, 3.05) is 0 Å². The molecular weight excluding hydrogens is 917 g/mol. The van der Waals surface area contributed by atoms with Gasteiger partial charge in [-0.3, -0.25) is 9.97 Å². The lowest BCUT2D eigenvalue weighted by molar-refractivity contribution is 0.717. The molecule has 8 aromatic carbocycles. The number of hydrogen-bond donors (Lipinski definition) is 0. The van der Waals surface area contributed by atoms with Crippen molar-refractivity contribution in [3.8, 4) is 20.9 Å². The highest BCUT2D eigenvalue weighted by Crippen LogP contribution is 2.58. The maximum atomic E-state index is 5.81. The first kappa shape index (κ1) is 43.5. The van der Waals surface area contributed by atoms with Crippen molar-refractivity contribution in [1.82, 2.24) is 28.9 Å². The Balaban J connectivity index is 1.11. The van der Waals surface area contributed by atoms with Gasteiger partial charge >= 0.3 is 0 Å². The van der Waals surface area contributed by atoms with Gasteiger partial charge in [-0.15, -0.1) is 0 Å². The van der Waals surface area contributed by atoms with E-state index in [1.807, 2.05) is 47.2 Å². The molecule has 0 N–H and O–H groups in total. The normalized spacial score (nSPS) is 12.0. The molecule has 0 aliphatic carbocycles. The van der Waals surface area contributed by atoms with Crippen LogP contribution < -0.4 is 8.97 Å². The highest BCUT2D eigenvalue weighted by atomic mass is 32.1. The van der Waals surface area contributed by atoms with Crippen LogP contribution in [0.4, 0.5) is 44.1 Å². The van der Waals surface area contributed by atoms with E-state index in [4.69, 9.17) is 19.9 Å². The highest BCUT2D eigenvalue weighted by Gasteiger charge is 2.43. The topological polar surface area (TPSA) is 51.6 Å². The van der Waals surface area contributed by atoms with E-state index in [0.29, 0.717) is 8.97 Å². The number of fused-ring (bicyclic) bond motifs is 7. The second-order valence-electron chi connectivity index (χ2n) is 18.1. The molecule has 0 saturated carbocycles. The van der Waals surface area contributed by atoms with Crippen molar-refractivity contribution in [2.24, 2.45) is 0 Å². The molecule has 13 aromatic rings. The Hall–Kier alpha value is -8.50. The Bertz CT molecular complexity index is 3650. The minimum Gasteiger partial charge on any atom is -0.254 e. The Morgan fingerprint density at radius 2 is 0.597 bits per heavy atom. The first-order chi connectivity index (χ1) is 35.5. The van der Waals surface area contributed by atoms with Crippen LogP contribution in [0.2, 0.25) is 0 Å². The first-order valence-electron chi connectivity index (χ1n) is 24.2. The van der Waals surface area contributed by atoms with Gasteiger partial charge in [0.1, 0.15) is 34.1 Å². The number of hydrogen-bond acceptors (Lipinski definition) is 6. The van der Waals surface area contributed by atoms with E-state index in [0.717, 1.165) is 110 Å². The molecule has 6 nitrogen and oxygen atoms in total. The summed E-state index contributed by atoms with van der Waals surface area (Å²) >= 11 is 3.64. The lowest BCUT2D eigenvalue weighted by Gasteiger charge is -2.35. The van der Waals surface area contributed by atoms with Crippen LogP contribution in [0.5, 0.6) is 0 Å². The van der Waals surface area contributed by atoms with Gasteiger partial charge in [0.05, 0.1) is 33.1 Å². The van der Waals surface area contributed by atoms with E-state index in [1.165, 1.54) is 10.0 Å². The van der Waals surface area contributed by atoms with Crippen molar-refractivity contribution >= 4 is 111 Å². The van der Waals surface area contributed by atoms with Crippen LogP contribution in [0.3, 0.4) is 0 Å². The third-order valence-electron chi connectivity index (χ3n) is 14.0. The molecule has 0 bridgehead atoms. The second-order valence-corrected chi connectivity index (χ2v) is 20.2. The van der Waals surface area contributed by atoms with E-state index >= 15 is 0 Å². The van der Waals surface area contributed by atoms with Crippen molar-refractivity contribution in [3.63, 3.8) is 0 Å². The third-order valence-corrected chi connectivity index (χ3v) is 16.7. The van der Waals surface area contributed by atoms with E-state index in [1.54, 1.807) is 0 Å². The maximum absolute atomic E-state index is 5.81. The Morgan fingerprint density at radius 1 is 0.306 bits per heavy atom. The molecule has 342 valence electrons. The summed E-state index contributed by atoms with van der Waals surface area (Å²) < 4.78 is 0.824. The maximum Gasteiger partial charge on any atom is 0.204 e. The fraction of sp³-hybridized carbons (Fsp3) is 0.0312. The molecule has 5 heterocycles. The smallest absolute Gasteiger partial charge is 0.204 e. The largest absolute Gasteiger partial charge is 0.254 e. The van der Waals surface area contributed by atoms with Crippen molar-refractivity contribution in [3.05, 3.63) is 254 Å². The van der Waals surface area contributed by atoms with Gasteiger partial charge in [0.25, 0.3) is 0 Å². The molecular formula is C64H46N6S2+2. The molecule has 0 radical (unpaired) electrons. The van der Waals surface area contributed by atoms with Crippen LogP contribution in [0.15, 0.2) is 243 Å². The molecule has 0 unspecified atom stereocenters. The zero-order chi connectivity index (χ0) is 48.2. The van der Waals surface area contributed by atoms with Crippen LogP contribution in [0.25, 0.3) is 64.8 Å². The predicted octanol–water partition coefficient (Wildman–Crippen LogP) is 18.6. The summed E-state index contributed by atoms with van der Waals surface area (Å²) in [5.74, 6) is 0. The molecule has 72 heavy (non-hydrogen) atoms. The number of quaternary nitrogens is 2. The minimum absolute atomic E-state index is 0.412. The molecule has 0 fully saturated rings. The minimum atomic E-state index is 0.412. The van der Waals surface area contributed by atoms with Crippen LogP contribution in [0, 0.1) is 13.8 Å². The Morgan fingerprint density at radius 3 is 0.889 bits per heavy atom. The van der Waals surface area contributed by atoms with E-state index < -0.39 is 0 Å². The summed E-state index contributed by atoms with van der Waals surface area (Å²) in [6.45, 7) is 4.48. The SMILES string of the molecule is Cc1cc([N+](c2ccccc2)(c2ccccc2)c2ccccc2)sc1-c1ccc(-c2sc([N+](c3ccccc3)(c3ccccc3)c3ccccc3)cc2C)c2nc3c4cccnc4c4ncccc4c3nc12. The van der Waals surface area contributed by atoms with Crippen molar-refractivity contribution in [2.45, 2.75) is 13.8 Å². The predicted molar refractivity (Wildman–Crippen MR) is 304 cm³/mol. The summed E-state index contributed by atoms with van der Waals surface area (Å²) in [6, 6.07) is 82.7. The third kappa shape index (κ3) is 6.76. The van der Waals surface area contributed by atoms with Gasteiger partial charge in [0.15, 0.2) is 0 Å². The highest BCUT2D eigenvalue weighted by molar-refractivity contribution is 7.20. The monoisotopic (exact) mass is 962 g/mol. The number of pyridine rings is 2. The molecule has 0 saturated heterocycles. The zero-order valence-electron chi connectivity index (χ0n) is 39.6. The molecule has 0 amide bonds. The number of para-hydroxylation sites is 6. The Labute approximate surface area is 425 Å². The average Bonchev–Trinajstić information content (AvgIpc) is 4.04. The van der Waals surface area contributed by atoms with Gasteiger partial charge in [-0.25, -0.2) is 9.97 Å². The summed E-state index contributed by atoms with van der Waals surface area (Å²) in [6.07, 6.45) is 3.67. The quantitative estimate of drug-likeness (QED) is 0.0778. The fourth-order valence-corrected chi connectivity index (χ4v) is 13.6. The molecule has 0 aliphatic heterocycles. The fourth-order valence-electron chi connectivity index (χ4n) is 10.8. The number of thiophene rings is 2. The molecule has 0 atom stereocenters. The number of aryl methyl sites for hydroxylation is 2. The molecule has 8 heteroatoms. The van der Waals surface area contributed by atoms with Gasteiger partial charge in [-0.05, 0) is 49.2 Å². The van der Waals surface area contributed by atoms with E-state index in [-0.39, 0.29) is 0 Å². The van der Waals surface area contributed by atoms with Crippen LogP contribution in [-0.2, 0) is 0 Å². The summed E-state index contributed by atoms with van der Waals surface area (Å²) in [7, 11) is 0. The van der Waals surface area contributed by atoms with E-state index in [9.17, 15) is 0 Å². The van der Waals surface area contributed by atoms with Crippen molar-refractivity contribution < 1.29 is 0 Å². The lowest BCUT2D eigenvalue weighted by atomic mass is 10.0. The van der Waals surface area contributed by atoms with Gasteiger partial charge in [0, 0.05) is 129 Å². The lowest BCUT2D eigenvalue weighted by Crippen LogP contribution is -2.32. The van der Waals surface area contributed by atoms with Crippen LogP contribution in [0.1, 0.15) is 11.1 Å². The van der Waals surface area contributed by atoms with Gasteiger partial charge < -0.3 is 0 Å². The second kappa shape index (κ2) is 17.7. The van der Waals surface area contributed by atoms with E-state index in [2.05, 4.69) is 232 Å². The molecule has 13 rings (SSSR count). The van der Waals surface area contributed by atoms with Crippen LogP contribution in [-0.4, -0.2) is 19.9 Å². The molecule has 0 spiro atoms. The van der Waals surface area contributed by atoms with Gasteiger partial charge in [-0.2, -0.15) is 8.97 Å². The number of rotatable bonds is 10. The number of nitrogens with zero attached hydrogens (tertiary/aromatic N) is 6. The van der Waals surface area contributed by atoms with Crippen molar-refractivity contribution in [1.29, 1.82) is 0 Å². The Kier molecular flexibility index (Phi) is 10.7. The summed E-state index contributed by atoms with van der Waals surface area (Å²) in [5.41, 5.74) is 16.2. The summed E-state index contributed by atoms with van der Waals surface area (Å²) in [5, 5.41) is 4.18. The molecule has 5 aromatic heterocycles. The van der Waals surface area contributed by atoms with Gasteiger partial charge in [-0.1, -0.05) is 144 Å². The molecule has 0 aliphatic rings.